The second-order valence-electron chi connectivity index (χ2n) is 14.0. The molecule has 0 saturated heterocycles. The summed E-state index contributed by atoms with van der Waals surface area (Å²) in [5, 5.41) is 2.97. The van der Waals surface area contributed by atoms with Crippen molar-refractivity contribution >= 4 is 60.8 Å². The molecular weight excluding hydrogens is 835 g/mol. The molecule has 0 aliphatic carbocycles. The zero-order chi connectivity index (χ0) is 46.5. The molecule has 4 unspecified atom stereocenters. The van der Waals surface area contributed by atoms with Crippen LogP contribution in [-0.2, 0) is 51.2 Å². The molecule has 16 heteroatoms. The molecule has 14 nitrogen and oxygen atoms in total. The molecule has 0 amide bonds. The van der Waals surface area contributed by atoms with Gasteiger partial charge in [0.15, 0.2) is 0 Å². The fourth-order valence-electron chi connectivity index (χ4n) is 5.39. The molecule has 0 radical (unpaired) electrons. The van der Waals surface area contributed by atoms with E-state index < -0.39 is 36.4 Å². The summed E-state index contributed by atoms with van der Waals surface area (Å²) in [4.78, 5) is 56.2. The number of carbonyl (C=O) groups excluding carboxylic acids is 4. The maximum atomic E-state index is 12.2. The van der Waals surface area contributed by atoms with Crippen molar-refractivity contribution in [3.8, 4) is 0 Å². The Hall–Kier alpha value is -5.28. The first-order chi connectivity index (χ1) is 29.7. The summed E-state index contributed by atoms with van der Waals surface area (Å²) in [5.41, 5.74) is 9.57. The van der Waals surface area contributed by atoms with Crippen LogP contribution in [0.5, 0.6) is 0 Å². The zero-order valence-corrected chi connectivity index (χ0v) is 39.0. The average molecular weight is 907 g/mol. The van der Waals surface area contributed by atoms with Crippen molar-refractivity contribution in [1.29, 1.82) is 0 Å². The fourth-order valence-corrected chi connectivity index (χ4v) is 5.39. The van der Waals surface area contributed by atoms with E-state index in [1.54, 1.807) is 51.2 Å². The van der Waals surface area contributed by atoms with Gasteiger partial charge in [0.05, 0.1) is 24.5 Å². The summed E-state index contributed by atoms with van der Waals surface area (Å²) in [6.45, 7) is 15.2. The first-order valence-electron chi connectivity index (χ1n) is 21.3. The fraction of sp³-hybridized carbons (Fsp3) is 0.435. The normalized spacial score (nSPS) is 12.8. The van der Waals surface area contributed by atoms with Crippen LogP contribution in [0.25, 0.3) is 12.2 Å². The number of halogens is 2. The molecule has 2 aromatic carbocycles. The molecule has 4 rings (SSSR count). The molecule has 0 bridgehead atoms. The van der Waals surface area contributed by atoms with Crippen LogP contribution in [0.3, 0.4) is 0 Å². The minimum atomic E-state index is -0.977. The van der Waals surface area contributed by atoms with Crippen molar-refractivity contribution in [2.75, 3.05) is 20.1 Å². The second-order valence-corrected chi connectivity index (χ2v) is 14.0. The molecular formula is C46H68Cl2N6O8. The second kappa shape index (κ2) is 32.4. The molecule has 2 heterocycles. The zero-order valence-electron chi connectivity index (χ0n) is 39.3. The highest BCUT2D eigenvalue weighted by Crippen LogP contribution is 2.15. The lowest BCUT2D eigenvalue weighted by Gasteiger charge is -2.21. The number of imidazole rings is 2. The van der Waals surface area contributed by atoms with E-state index in [9.17, 15) is 19.2 Å². The average Bonchev–Trinajstić information content (AvgIpc) is 3.95. The summed E-state index contributed by atoms with van der Waals surface area (Å²) in [6, 6.07) is 15.6. The number of ether oxygens (including phenoxy) is 4. The summed E-state index contributed by atoms with van der Waals surface area (Å²) >= 11 is 0. The van der Waals surface area contributed by atoms with Crippen molar-refractivity contribution in [2.45, 2.75) is 88.4 Å². The lowest BCUT2D eigenvalue weighted by atomic mass is 9.96. The van der Waals surface area contributed by atoms with Crippen LogP contribution in [0.4, 0.5) is 0 Å². The number of aromatic nitrogens is 4. The predicted octanol–water partition coefficient (Wildman–Crippen LogP) is 7.98. The maximum absolute atomic E-state index is 12.2. The Labute approximate surface area is 383 Å². The third kappa shape index (κ3) is 22.5. The number of nitrogens with zero attached hydrogens (tertiary/aromatic N) is 4. The van der Waals surface area contributed by atoms with E-state index >= 15 is 0 Å². The number of esters is 4. The Bertz CT molecular complexity index is 1900. The highest BCUT2D eigenvalue weighted by Gasteiger charge is 2.26. The molecule has 4 aromatic rings. The van der Waals surface area contributed by atoms with Gasteiger partial charge >= 0.3 is 23.9 Å². The Kier molecular flexibility index (Phi) is 28.6. The maximum Gasteiger partial charge on any atom is 0.333 e. The van der Waals surface area contributed by atoms with E-state index in [4.69, 9.17) is 27.4 Å². The molecule has 0 fully saturated rings. The van der Waals surface area contributed by atoms with Gasteiger partial charge in [0.25, 0.3) is 0 Å². The van der Waals surface area contributed by atoms with E-state index in [2.05, 4.69) is 15.3 Å². The SMILES string of the molecule is CC(OC(=O)/C=C/c1ccc(Cn2ccnc2)cc1)OC(=O)C(CN)C(C)C.CNCC(C(=O)OC(C)OC(=O)/C=C/c1ccc(Cn2ccnc2)cc1)C(C)C.Cl.Cl.[2H]CC.[3H]C. The highest BCUT2D eigenvalue weighted by molar-refractivity contribution is 5.88. The molecule has 3 N–H and O–H groups in total. The van der Waals surface area contributed by atoms with Crippen molar-refractivity contribution in [2.24, 2.45) is 29.4 Å². The van der Waals surface area contributed by atoms with E-state index in [0.29, 0.717) is 13.4 Å². The molecule has 0 aliphatic heterocycles. The molecule has 344 valence electrons. The van der Waals surface area contributed by atoms with Gasteiger partial charge < -0.3 is 39.1 Å². The van der Waals surface area contributed by atoms with Crippen molar-refractivity contribution in [3.05, 3.63) is 120 Å². The summed E-state index contributed by atoms with van der Waals surface area (Å²) in [6.07, 6.45) is 14.8. The summed E-state index contributed by atoms with van der Waals surface area (Å²) in [5.74, 6) is -2.54. The highest BCUT2D eigenvalue weighted by atomic mass is 35.5. The van der Waals surface area contributed by atoms with Crippen LogP contribution in [0, 0.1) is 23.7 Å². The van der Waals surface area contributed by atoms with Gasteiger partial charge in [-0.1, -0.05) is 97.5 Å². The van der Waals surface area contributed by atoms with Crippen molar-refractivity contribution in [3.63, 3.8) is 0 Å². The smallest absolute Gasteiger partial charge is 0.333 e. The van der Waals surface area contributed by atoms with Gasteiger partial charge in [0, 0.05) is 79.7 Å². The summed E-state index contributed by atoms with van der Waals surface area (Å²) in [7, 11) is 3.03. The van der Waals surface area contributed by atoms with Gasteiger partial charge in [-0.3, -0.25) is 9.59 Å². The van der Waals surface area contributed by atoms with Crippen LogP contribution < -0.4 is 11.1 Å². The topological polar surface area (TPSA) is 179 Å². The van der Waals surface area contributed by atoms with E-state index in [-0.39, 0.29) is 55.1 Å². The van der Waals surface area contributed by atoms with Gasteiger partial charge in [-0.05, 0) is 53.3 Å². The van der Waals surface area contributed by atoms with Crippen LogP contribution in [0.15, 0.2) is 98.1 Å². The van der Waals surface area contributed by atoms with Crippen LogP contribution >= 0.6 is 24.8 Å². The molecule has 0 spiro atoms. The van der Waals surface area contributed by atoms with Crippen LogP contribution in [0.2, 0.25) is 0 Å². The minimum Gasteiger partial charge on any atom is -0.425 e. The Morgan fingerprint density at radius 2 is 1.10 bits per heavy atom. The summed E-state index contributed by atoms with van der Waals surface area (Å²) < 4.78 is 36.5. The Morgan fingerprint density at radius 3 is 1.40 bits per heavy atom. The number of carbonyl (C=O) groups is 4. The largest absolute Gasteiger partial charge is 0.425 e. The van der Waals surface area contributed by atoms with Gasteiger partial charge in [0.1, 0.15) is 0 Å². The Balaban J connectivity index is 0. The van der Waals surface area contributed by atoms with Gasteiger partial charge in [0.2, 0.25) is 12.6 Å². The van der Waals surface area contributed by atoms with E-state index in [1.165, 1.54) is 33.4 Å². The first-order valence-corrected chi connectivity index (χ1v) is 19.6. The molecule has 0 saturated carbocycles. The standard InChI is InChI=1S/C22H29N3O4.C21H27N3O4.C2H6.CH4.2ClH/c1-16(2)20(13-23-4)22(27)29-17(3)28-21(26)10-9-18-5-7-19(8-6-18)14-25-12-11-24-15-25;1-15(2)19(12-22)21(26)28-16(3)27-20(25)9-8-17-4-6-18(7-5-17)13-24-11-10-23-14-24;1-2;;;/h5-12,15-17,20,23H,13-14H2,1-4H3;4-11,14-16,19H,12-13,22H2,1-3H3;1-2H3;1H4;2*1H/b10-9+;9-8+;;;;/i;;1D;1T;;. The predicted molar refractivity (Wildman–Crippen MR) is 249 cm³/mol. The lowest BCUT2D eigenvalue weighted by Crippen LogP contribution is -2.34. The number of nitrogens with two attached hydrogens (primary N) is 1. The van der Waals surface area contributed by atoms with Crippen LogP contribution in [0.1, 0.15) is 87.8 Å². The molecule has 62 heavy (non-hydrogen) atoms. The Morgan fingerprint density at radius 1 is 0.726 bits per heavy atom. The minimum absolute atomic E-state index is 0. The van der Waals surface area contributed by atoms with Crippen molar-refractivity contribution in [1.82, 2.24) is 24.4 Å². The molecule has 4 atom stereocenters. The number of hydrogen-bond acceptors (Lipinski definition) is 12. The molecule has 2 aromatic heterocycles. The number of rotatable bonds is 19. The van der Waals surface area contributed by atoms with Crippen LogP contribution in [-0.4, -0.2) is 75.7 Å². The quantitative estimate of drug-likeness (QED) is 0.0527. The third-order valence-electron chi connectivity index (χ3n) is 8.65. The van der Waals surface area contributed by atoms with E-state index in [0.717, 1.165) is 35.3 Å². The number of benzene rings is 2. The number of nitrogens with one attached hydrogen (secondary N) is 1. The lowest BCUT2D eigenvalue weighted by molar-refractivity contribution is -0.187. The van der Waals surface area contributed by atoms with Crippen molar-refractivity contribution < 1.29 is 40.9 Å². The van der Waals surface area contributed by atoms with Gasteiger partial charge in [-0.15, -0.1) is 24.8 Å². The van der Waals surface area contributed by atoms with Gasteiger partial charge in [-0.25, -0.2) is 19.6 Å². The monoisotopic (exact) mass is 905 g/mol. The van der Waals surface area contributed by atoms with E-state index in [1.807, 2.05) is 97.8 Å². The molecule has 0 aliphatic rings. The first kappa shape index (κ1) is 54.7. The number of hydrogen-bond donors (Lipinski definition) is 2. The van der Waals surface area contributed by atoms with Gasteiger partial charge in [-0.2, -0.15) is 0 Å². The third-order valence-corrected chi connectivity index (χ3v) is 8.65.